The smallest absolute Gasteiger partial charge is 0.227 e. The Labute approximate surface area is 183 Å². The van der Waals surface area contributed by atoms with E-state index in [9.17, 15) is 0 Å². The van der Waals surface area contributed by atoms with E-state index in [0.717, 1.165) is 33.7 Å². The highest BCUT2D eigenvalue weighted by Gasteiger charge is 2.36. The van der Waals surface area contributed by atoms with Crippen LogP contribution in [0.15, 0.2) is 133 Å². The molecule has 2 heteroatoms. The lowest BCUT2D eigenvalue weighted by Crippen LogP contribution is -2.37. The fourth-order valence-electron chi connectivity index (χ4n) is 3.87. The summed E-state index contributed by atoms with van der Waals surface area (Å²) in [5.41, 5.74) is 4.47. The van der Waals surface area contributed by atoms with Crippen molar-refractivity contribution in [2.24, 2.45) is 0 Å². The molecule has 0 aliphatic carbocycles. The topological polar surface area (TPSA) is 21.3 Å². The van der Waals surface area contributed by atoms with Crippen molar-refractivity contribution in [1.82, 2.24) is 0 Å². The van der Waals surface area contributed by atoms with Crippen LogP contribution < -0.4 is 5.32 Å². The van der Waals surface area contributed by atoms with Crippen molar-refractivity contribution in [2.45, 2.75) is 5.72 Å². The zero-order valence-corrected chi connectivity index (χ0v) is 17.1. The Balaban J connectivity index is 1.70. The minimum Gasteiger partial charge on any atom is -0.460 e. The van der Waals surface area contributed by atoms with E-state index in [-0.39, 0.29) is 0 Å². The Bertz CT molecular complexity index is 1200. The molecular formula is C29H23NO. The lowest BCUT2D eigenvalue weighted by molar-refractivity contribution is 0.113. The Morgan fingerprint density at radius 3 is 1.68 bits per heavy atom. The standard InChI is InChI=1S/C29H23NO/c1-5-13-23(14-6-1)25-21-28(24-15-7-2-8-16-24)31-29(22-25,26-17-9-3-10-18-26)30-27-19-11-4-12-20-27/h1-22,30H. The summed E-state index contributed by atoms with van der Waals surface area (Å²) in [6, 6.07) is 41.2. The molecule has 0 amide bonds. The van der Waals surface area contributed by atoms with Gasteiger partial charge in [-0.3, -0.25) is 0 Å². The number of hydrogen-bond donors (Lipinski definition) is 1. The first-order valence-electron chi connectivity index (χ1n) is 10.5. The van der Waals surface area contributed by atoms with Gasteiger partial charge in [0.2, 0.25) is 5.72 Å². The molecule has 4 aromatic carbocycles. The van der Waals surface area contributed by atoms with E-state index in [4.69, 9.17) is 4.74 Å². The molecule has 150 valence electrons. The number of para-hydroxylation sites is 1. The van der Waals surface area contributed by atoms with Gasteiger partial charge in [-0.05, 0) is 35.4 Å². The summed E-state index contributed by atoms with van der Waals surface area (Å²) in [7, 11) is 0. The third kappa shape index (κ3) is 4.01. The Morgan fingerprint density at radius 2 is 1.06 bits per heavy atom. The van der Waals surface area contributed by atoms with Crippen LogP contribution in [0.2, 0.25) is 0 Å². The average Bonchev–Trinajstić information content (AvgIpc) is 2.86. The predicted molar refractivity (Wildman–Crippen MR) is 128 cm³/mol. The van der Waals surface area contributed by atoms with Gasteiger partial charge in [0.15, 0.2) is 0 Å². The van der Waals surface area contributed by atoms with Crippen molar-refractivity contribution in [3.63, 3.8) is 0 Å². The maximum absolute atomic E-state index is 6.78. The largest absolute Gasteiger partial charge is 0.460 e. The molecule has 0 bridgehead atoms. The van der Waals surface area contributed by atoms with Gasteiger partial charge in [0.1, 0.15) is 5.76 Å². The third-order valence-corrected chi connectivity index (χ3v) is 5.39. The minimum absolute atomic E-state index is 0.828. The highest BCUT2D eigenvalue weighted by molar-refractivity contribution is 5.85. The average molecular weight is 402 g/mol. The molecule has 1 unspecified atom stereocenters. The minimum atomic E-state index is -0.853. The second kappa shape index (κ2) is 8.37. The van der Waals surface area contributed by atoms with E-state index in [2.05, 4.69) is 78.1 Å². The number of hydrogen-bond acceptors (Lipinski definition) is 2. The number of nitrogens with one attached hydrogen (secondary N) is 1. The van der Waals surface area contributed by atoms with Crippen LogP contribution in [0.4, 0.5) is 5.69 Å². The molecule has 0 aromatic heterocycles. The molecule has 2 nitrogen and oxygen atoms in total. The molecule has 4 aromatic rings. The number of anilines is 1. The maximum Gasteiger partial charge on any atom is 0.227 e. The highest BCUT2D eigenvalue weighted by atomic mass is 16.5. The Morgan fingerprint density at radius 1 is 0.548 bits per heavy atom. The predicted octanol–water partition coefficient (Wildman–Crippen LogP) is 7.11. The highest BCUT2D eigenvalue weighted by Crippen LogP contribution is 2.41. The van der Waals surface area contributed by atoms with E-state index in [1.54, 1.807) is 0 Å². The first-order chi connectivity index (χ1) is 15.3. The molecule has 0 spiro atoms. The van der Waals surface area contributed by atoms with Gasteiger partial charge < -0.3 is 10.1 Å². The van der Waals surface area contributed by atoms with Crippen LogP contribution in [0, 0.1) is 0 Å². The fourth-order valence-corrected chi connectivity index (χ4v) is 3.87. The zero-order chi connectivity index (χ0) is 20.9. The van der Waals surface area contributed by atoms with Gasteiger partial charge in [0, 0.05) is 16.8 Å². The van der Waals surface area contributed by atoms with E-state index >= 15 is 0 Å². The van der Waals surface area contributed by atoms with Crippen LogP contribution in [-0.2, 0) is 10.5 Å². The van der Waals surface area contributed by atoms with Crippen LogP contribution in [-0.4, -0.2) is 0 Å². The molecule has 1 aliphatic rings. The summed E-state index contributed by atoms with van der Waals surface area (Å²) < 4.78 is 6.78. The van der Waals surface area contributed by atoms with Gasteiger partial charge in [0.05, 0.1) is 0 Å². The van der Waals surface area contributed by atoms with Crippen LogP contribution in [0.5, 0.6) is 0 Å². The first kappa shape index (κ1) is 19.0. The Hall–Kier alpha value is -4.04. The molecule has 1 aliphatic heterocycles. The van der Waals surface area contributed by atoms with E-state index in [0.29, 0.717) is 0 Å². The van der Waals surface area contributed by atoms with E-state index < -0.39 is 5.72 Å². The summed E-state index contributed by atoms with van der Waals surface area (Å²) >= 11 is 0. The van der Waals surface area contributed by atoms with Crippen molar-refractivity contribution >= 4 is 17.0 Å². The summed E-state index contributed by atoms with van der Waals surface area (Å²) in [4.78, 5) is 0. The van der Waals surface area contributed by atoms with Gasteiger partial charge >= 0.3 is 0 Å². The quantitative estimate of drug-likeness (QED) is 0.385. The number of allylic oxidation sites excluding steroid dienone is 2. The second-order valence-corrected chi connectivity index (χ2v) is 7.54. The van der Waals surface area contributed by atoms with Gasteiger partial charge in [-0.15, -0.1) is 0 Å². The van der Waals surface area contributed by atoms with Crippen molar-refractivity contribution < 1.29 is 4.74 Å². The molecule has 0 saturated heterocycles. The molecule has 5 rings (SSSR count). The molecule has 1 heterocycles. The van der Waals surface area contributed by atoms with Crippen molar-refractivity contribution in [2.75, 3.05) is 5.32 Å². The van der Waals surface area contributed by atoms with Gasteiger partial charge in [-0.25, -0.2) is 0 Å². The van der Waals surface area contributed by atoms with E-state index in [1.807, 2.05) is 60.7 Å². The molecule has 0 radical (unpaired) electrons. The van der Waals surface area contributed by atoms with E-state index in [1.165, 1.54) is 0 Å². The maximum atomic E-state index is 6.78. The molecule has 1 atom stereocenters. The SMILES string of the molecule is C1=C(c2ccccc2)C=C(c2ccccc2)OC1(Nc1ccccc1)c1ccccc1. The van der Waals surface area contributed by atoms with Crippen LogP contribution in [0.25, 0.3) is 11.3 Å². The zero-order valence-electron chi connectivity index (χ0n) is 17.1. The normalized spacial score (nSPS) is 17.8. The van der Waals surface area contributed by atoms with Crippen LogP contribution in [0.3, 0.4) is 0 Å². The molecule has 1 N–H and O–H groups in total. The first-order valence-corrected chi connectivity index (χ1v) is 10.5. The Kier molecular flexibility index (Phi) is 5.12. The number of ether oxygens (including phenoxy) is 1. The van der Waals surface area contributed by atoms with Gasteiger partial charge in [0.25, 0.3) is 0 Å². The lowest BCUT2D eigenvalue weighted by atomic mass is 9.92. The van der Waals surface area contributed by atoms with Crippen molar-refractivity contribution in [3.8, 4) is 0 Å². The van der Waals surface area contributed by atoms with Crippen LogP contribution in [0.1, 0.15) is 16.7 Å². The monoisotopic (exact) mass is 401 g/mol. The molecule has 31 heavy (non-hydrogen) atoms. The molecule has 0 saturated carbocycles. The summed E-state index contributed by atoms with van der Waals surface area (Å²) in [5.74, 6) is 0.828. The molecular weight excluding hydrogens is 378 g/mol. The van der Waals surface area contributed by atoms with Crippen molar-refractivity contribution in [3.05, 3.63) is 150 Å². The summed E-state index contributed by atoms with van der Waals surface area (Å²) in [6.45, 7) is 0. The van der Waals surface area contributed by atoms with Gasteiger partial charge in [-0.2, -0.15) is 0 Å². The number of rotatable bonds is 5. The van der Waals surface area contributed by atoms with Crippen LogP contribution >= 0.6 is 0 Å². The summed E-state index contributed by atoms with van der Waals surface area (Å²) in [5, 5.41) is 3.67. The summed E-state index contributed by atoms with van der Waals surface area (Å²) in [6.07, 6.45) is 4.30. The third-order valence-electron chi connectivity index (χ3n) is 5.39. The van der Waals surface area contributed by atoms with Crippen molar-refractivity contribution in [1.29, 1.82) is 0 Å². The fraction of sp³-hybridized carbons (Fsp3) is 0.0345. The van der Waals surface area contributed by atoms with Gasteiger partial charge in [-0.1, -0.05) is 109 Å². The second-order valence-electron chi connectivity index (χ2n) is 7.54. The molecule has 0 fully saturated rings. The number of benzene rings is 4. The lowest BCUT2D eigenvalue weighted by Gasteiger charge is -2.38.